The predicted octanol–water partition coefficient (Wildman–Crippen LogP) is 3.78. The van der Waals surface area contributed by atoms with Crippen molar-refractivity contribution in [1.82, 2.24) is 5.32 Å². The fourth-order valence-electron chi connectivity index (χ4n) is 2.20. The van der Waals surface area contributed by atoms with Gasteiger partial charge in [-0.1, -0.05) is 28.1 Å². The fraction of sp³-hybridized carbons (Fsp3) is 0.263. The van der Waals surface area contributed by atoms with Crippen molar-refractivity contribution >= 4 is 33.4 Å². The average Bonchev–Trinajstić information content (AvgIpc) is 2.61. The molecule has 2 aromatic carbocycles. The number of rotatable bonds is 7. The molecule has 0 aromatic heterocycles. The monoisotopic (exact) mass is 404 g/mol. The number of carbonyl (C=O) groups excluding carboxylic acids is 2. The molecule has 0 aliphatic heterocycles. The second-order valence-electron chi connectivity index (χ2n) is 5.60. The minimum Gasteiger partial charge on any atom is -0.385 e. The number of anilines is 1. The van der Waals surface area contributed by atoms with E-state index in [1.807, 2.05) is 13.0 Å². The van der Waals surface area contributed by atoms with Crippen LogP contribution in [0.4, 0.5) is 5.69 Å². The molecule has 0 unspecified atom stereocenters. The molecular weight excluding hydrogens is 384 g/mol. The van der Waals surface area contributed by atoms with Crippen molar-refractivity contribution in [3.63, 3.8) is 0 Å². The summed E-state index contributed by atoms with van der Waals surface area (Å²) in [5, 5.41) is 5.64. The zero-order valence-corrected chi connectivity index (χ0v) is 15.9. The Morgan fingerprint density at radius 1 is 1.08 bits per heavy atom. The first-order chi connectivity index (χ1) is 12.0. The first-order valence-electron chi connectivity index (χ1n) is 7.96. The van der Waals surface area contributed by atoms with Crippen molar-refractivity contribution in [3.05, 3.63) is 63.6 Å². The molecule has 2 aromatic rings. The molecule has 0 spiro atoms. The summed E-state index contributed by atoms with van der Waals surface area (Å²) >= 11 is 3.42. The Labute approximate surface area is 155 Å². The van der Waals surface area contributed by atoms with E-state index in [-0.39, 0.29) is 11.8 Å². The quantitative estimate of drug-likeness (QED) is 0.689. The number of hydrogen-bond acceptors (Lipinski definition) is 3. The number of amides is 2. The minimum absolute atomic E-state index is 0.176. The number of halogens is 1. The highest BCUT2D eigenvalue weighted by Gasteiger charge is 2.10. The average molecular weight is 405 g/mol. The lowest BCUT2D eigenvalue weighted by Gasteiger charge is -2.09. The maximum Gasteiger partial charge on any atom is 0.255 e. The topological polar surface area (TPSA) is 67.4 Å². The van der Waals surface area contributed by atoms with Crippen LogP contribution in [0.3, 0.4) is 0 Å². The fourth-order valence-corrected chi connectivity index (χ4v) is 2.57. The van der Waals surface area contributed by atoms with E-state index in [2.05, 4.69) is 26.6 Å². The van der Waals surface area contributed by atoms with Gasteiger partial charge >= 0.3 is 0 Å². The van der Waals surface area contributed by atoms with Gasteiger partial charge in [0.05, 0.1) is 0 Å². The lowest BCUT2D eigenvalue weighted by atomic mass is 10.1. The third kappa shape index (κ3) is 5.69. The van der Waals surface area contributed by atoms with Gasteiger partial charge in [-0.25, -0.2) is 0 Å². The van der Waals surface area contributed by atoms with Gasteiger partial charge < -0.3 is 15.4 Å². The SMILES string of the molecule is COCCCNC(=O)c1cccc(NC(=O)c2ccc(C)c(Br)c2)c1. The molecule has 0 saturated heterocycles. The third-order valence-corrected chi connectivity index (χ3v) is 4.48. The van der Waals surface area contributed by atoms with E-state index < -0.39 is 0 Å². The lowest BCUT2D eigenvalue weighted by molar-refractivity contribution is 0.0947. The molecule has 6 heteroatoms. The van der Waals surface area contributed by atoms with Gasteiger partial charge in [0.25, 0.3) is 11.8 Å². The van der Waals surface area contributed by atoms with Crippen molar-refractivity contribution in [1.29, 1.82) is 0 Å². The molecule has 132 valence electrons. The zero-order chi connectivity index (χ0) is 18.2. The van der Waals surface area contributed by atoms with Crippen LogP contribution in [0.25, 0.3) is 0 Å². The van der Waals surface area contributed by atoms with E-state index >= 15 is 0 Å². The summed E-state index contributed by atoms with van der Waals surface area (Å²) in [6.07, 6.45) is 0.751. The molecule has 2 amide bonds. The standard InChI is InChI=1S/C19H21BrN2O3/c1-13-7-8-15(12-17(13)20)19(24)22-16-6-3-5-14(11-16)18(23)21-9-4-10-25-2/h3,5-8,11-12H,4,9-10H2,1-2H3,(H,21,23)(H,22,24). The Kier molecular flexibility index (Phi) is 7.16. The van der Waals surface area contributed by atoms with Gasteiger partial charge in [0.2, 0.25) is 0 Å². The Balaban J connectivity index is 2.01. The molecule has 0 radical (unpaired) electrons. The summed E-state index contributed by atoms with van der Waals surface area (Å²) in [5.41, 5.74) is 2.68. The molecule has 0 aliphatic rings. The van der Waals surface area contributed by atoms with Gasteiger partial charge in [0.1, 0.15) is 0 Å². The van der Waals surface area contributed by atoms with E-state index in [4.69, 9.17) is 4.74 Å². The molecule has 2 rings (SSSR count). The van der Waals surface area contributed by atoms with Crippen molar-refractivity contribution in [2.75, 3.05) is 25.6 Å². The van der Waals surface area contributed by atoms with Crippen LogP contribution in [0.5, 0.6) is 0 Å². The maximum atomic E-state index is 12.4. The zero-order valence-electron chi connectivity index (χ0n) is 14.3. The summed E-state index contributed by atoms with van der Waals surface area (Å²) in [6, 6.07) is 12.3. The van der Waals surface area contributed by atoms with Crippen molar-refractivity contribution < 1.29 is 14.3 Å². The highest BCUT2D eigenvalue weighted by Crippen LogP contribution is 2.19. The number of nitrogens with one attached hydrogen (secondary N) is 2. The van der Waals surface area contributed by atoms with E-state index in [9.17, 15) is 9.59 Å². The lowest BCUT2D eigenvalue weighted by Crippen LogP contribution is -2.25. The molecular formula is C19H21BrN2O3. The number of carbonyl (C=O) groups is 2. The molecule has 2 N–H and O–H groups in total. The highest BCUT2D eigenvalue weighted by molar-refractivity contribution is 9.10. The summed E-state index contributed by atoms with van der Waals surface area (Å²) in [5.74, 6) is -0.399. The number of hydrogen-bond donors (Lipinski definition) is 2. The van der Waals surface area contributed by atoms with Gasteiger partial charge in [-0.3, -0.25) is 9.59 Å². The van der Waals surface area contributed by atoms with Crippen LogP contribution in [0.1, 0.15) is 32.7 Å². The third-order valence-electron chi connectivity index (χ3n) is 3.63. The van der Waals surface area contributed by atoms with Crippen LogP contribution in [0.15, 0.2) is 46.9 Å². The summed E-state index contributed by atoms with van der Waals surface area (Å²) in [7, 11) is 1.63. The smallest absolute Gasteiger partial charge is 0.255 e. The molecule has 0 aliphatic carbocycles. The van der Waals surface area contributed by atoms with Crippen LogP contribution in [-0.2, 0) is 4.74 Å². The second-order valence-corrected chi connectivity index (χ2v) is 6.46. The number of benzene rings is 2. The van der Waals surface area contributed by atoms with Gasteiger partial charge in [-0.15, -0.1) is 0 Å². The van der Waals surface area contributed by atoms with E-state index in [1.165, 1.54) is 0 Å². The molecule has 0 saturated carbocycles. The van der Waals surface area contributed by atoms with E-state index in [0.717, 1.165) is 16.5 Å². The number of aryl methyl sites for hydroxylation is 1. The van der Waals surface area contributed by atoms with Gasteiger partial charge in [0, 0.05) is 41.5 Å². The Morgan fingerprint density at radius 2 is 1.84 bits per heavy atom. The number of methoxy groups -OCH3 is 1. The molecule has 0 fully saturated rings. The summed E-state index contributed by atoms with van der Waals surface area (Å²) < 4.78 is 5.83. The minimum atomic E-state index is -0.224. The van der Waals surface area contributed by atoms with Crippen LogP contribution < -0.4 is 10.6 Å². The molecule has 0 heterocycles. The normalized spacial score (nSPS) is 10.4. The van der Waals surface area contributed by atoms with E-state index in [1.54, 1.807) is 43.5 Å². The summed E-state index contributed by atoms with van der Waals surface area (Å²) in [6.45, 7) is 3.10. The second kappa shape index (κ2) is 9.34. The molecule has 0 bridgehead atoms. The van der Waals surface area contributed by atoms with Crippen molar-refractivity contribution in [2.45, 2.75) is 13.3 Å². The Hall–Kier alpha value is -2.18. The van der Waals surface area contributed by atoms with Crippen molar-refractivity contribution in [2.24, 2.45) is 0 Å². The molecule has 0 atom stereocenters. The van der Waals surface area contributed by atoms with Crippen LogP contribution in [0.2, 0.25) is 0 Å². The molecule has 25 heavy (non-hydrogen) atoms. The number of ether oxygens (including phenoxy) is 1. The highest BCUT2D eigenvalue weighted by atomic mass is 79.9. The summed E-state index contributed by atoms with van der Waals surface area (Å²) in [4.78, 5) is 24.5. The maximum absolute atomic E-state index is 12.4. The van der Waals surface area contributed by atoms with Gasteiger partial charge in [-0.05, 0) is 49.2 Å². The van der Waals surface area contributed by atoms with Crippen molar-refractivity contribution in [3.8, 4) is 0 Å². The molecule has 5 nitrogen and oxygen atoms in total. The Morgan fingerprint density at radius 3 is 2.56 bits per heavy atom. The predicted molar refractivity (Wildman–Crippen MR) is 102 cm³/mol. The van der Waals surface area contributed by atoms with Crippen LogP contribution >= 0.6 is 15.9 Å². The van der Waals surface area contributed by atoms with E-state index in [0.29, 0.717) is 30.0 Å². The first kappa shape index (κ1) is 19.1. The van der Waals surface area contributed by atoms with Crippen LogP contribution in [0, 0.1) is 6.92 Å². The largest absolute Gasteiger partial charge is 0.385 e. The van der Waals surface area contributed by atoms with Gasteiger partial charge in [-0.2, -0.15) is 0 Å². The van der Waals surface area contributed by atoms with Crippen LogP contribution in [-0.4, -0.2) is 32.1 Å². The first-order valence-corrected chi connectivity index (χ1v) is 8.75. The Bertz CT molecular complexity index is 762. The van der Waals surface area contributed by atoms with Gasteiger partial charge in [0.15, 0.2) is 0 Å².